The van der Waals surface area contributed by atoms with Gasteiger partial charge in [-0.2, -0.15) is 9.40 Å². The molecule has 1 N–H and O–H groups in total. The van der Waals surface area contributed by atoms with Crippen molar-refractivity contribution in [3.8, 4) is 0 Å². The first kappa shape index (κ1) is 31.7. The minimum Gasteiger partial charge on any atom is -0.448 e. The summed E-state index contributed by atoms with van der Waals surface area (Å²) in [6.45, 7) is 3.88. The van der Waals surface area contributed by atoms with Crippen molar-refractivity contribution in [3.63, 3.8) is 0 Å². The van der Waals surface area contributed by atoms with Gasteiger partial charge in [-0.05, 0) is 56.7 Å². The second-order valence-corrected chi connectivity index (χ2v) is 13.2. The lowest BCUT2D eigenvalue weighted by Crippen LogP contribution is -2.41. The van der Waals surface area contributed by atoms with Gasteiger partial charge in [0.2, 0.25) is 10.0 Å². The Labute approximate surface area is 267 Å². The molecule has 0 spiro atoms. The van der Waals surface area contributed by atoms with Crippen LogP contribution in [0.1, 0.15) is 68.7 Å². The Morgan fingerprint density at radius 2 is 1.55 bits per heavy atom. The molecule has 0 atom stereocenters. The van der Waals surface area contributed by atoms with Gasteiger partial charge in [0.05, 0.1) is 40.4 Å². The predicted molar refractivity (Wildman–Crippen MR) is 162 cm³/mol. The van der Waals surface area contributed by atoms with Gasteiger partial charge in [-0.1, -0.05) is 30.3 Å². The van der Waals surface area contributed by atoms with E-state index in [1.54, 1.807) is 49.4 Å². The molecule has 0 saturated carbocycles. The van der Waals surface area contributed by atoms with E-state index in [2.05, 4.69) is 10.4 Å². The van der Waals surface area contributed by atoms with Crippen molar-refractivity contribution in [3.05, 3.63) is 112 Å². The maximum Gasteiger partial charge on any atom is 0.436 e. The van der Waals surface area contributed by atoms with E-state index in [4.69, 9.17) is 4.74 Å². The summed E-state index contributed by atoms with van der Waals surface area (Å²) in [5, 5.41) is 6.98. The molecule has 1 aromatic heterocycles. The predicted octanol–water partition coefficient (Wildman–Crippen LogP) is 4.65. The fourth-order valence-electron chi connectivity index (χ4n) is 5.79. The second-order valence-electron chi connectivity index (χ2n) is 11.3. The Bertz CT molecular complexity index is 2060. The number of halogens is 2. The molecule has 3 amide bonds. The third-order valence-electron chi connectivity index (χ3n) is 8.05. The molecule has 0 radical (unpaired) electrons. The zero-order valence-corrected chi connectivity index (χ0v) is 26.1. The van der Waals surface area contributed by atoms with E-state index in [0.717, 1.165) is 13.9 Å². The van der Waals surface area contributed by atoms with Gasteiger partial charge in [0.15, 0.2) is 0 Å². The Morgan fingerprint density at radius 1 is 0.957 bits per heavy atom. The topological polar surface area (TPSA) is 148 Å². The first-order valence-corrected chi connectivity index (χ1v) is 15.8. The maximum absolute atomic E-state index is 14.0. The Balaban J connectivity index is 1.36. The van der Waals surface area contributed by atoms with Gasteiger partial charge in [0, 0.05) is 23.7 Å². The van der Waals surface area contributed by atoms with Crippen LogP contribution in [0.4, 0.5) is 19.4 Å². The average Bonchev–Trinajstić information content (AvgIpc) is 3.60. The monoisotopic (exact) mass is 663 g/mol. The van der Waals surface area contributed by atoms with Crippen molar-refractivity contribution < 1.29 is 41.1 Å². The summed E-state index contributed by atoms with van der Waals surface area (Å²) in [6.07, 6.45) is -0.950. The van der Waals surface area contributed by atoms with Crippen LogP contribution in [0, 0.1) is 11.6 Å². The number of rotatable bonds is 7. The zero-order chi connectivity index (χ0) is 33.8. The molecule has 242 valence electrons. The quantitative estimate of drug-likeness (QED) is 0.281. The first-order valence-electron chi connectivity index (χ1n) is 14.4. The summed E-state index contributed by atoms with van der Waals surface area (Å²) >= 11 is 0. The van der Waals surface area contributed by atoms with Crippen LogP contribution in [-0.4, -0.2) is 57.8 Å². The van der Waals surface area contributed by atoms with E-state index in [9.17, 15) is 36.4 Å². The zero-order valence-electron chi connectivity index (χ0n) is 25.3. The molecular weight excluding hydrogens is 636 g/mol. The number of fused-ring (bicyclic) bond motifs is 2. The third kappa shape index (κ3) is 5.26. The van der Waals surface area contributed by atoms with Gasteiger partial charge in [0.25, 0.3) is 17.7 Å². The number of anilines is 1. The van der Waals surface area contributed by atoms with E-state index >= 15 is 0 Å². The van der Waals surface area contributed by atoms with Crippen molar-refractivity contribution in [2.45, 2.75) is 44.3 Å². The van der Waals surface area contributed by atoms with Crippen LogP contribution in [0.2, 0.25) is 0 Å². The number of aromatic nitrogens is 2. The summed E-state index contributed by atoms with van der Waals surface area (Å²) in [7, 11) is -4.52. The van der Waals surface area contributed by atoms with Crippen molar-refractivity contribution in [2.75, 3.05) is 11.9 Å². The number of benzene rings is 3. The summed E-state index contributed by atoms with van der Waals surface area (Å²) in [4.78, 5) is 53.3. The largest absolute Gasteiger partial charge is 0.448 e. The Kier molecular flexibility index (Phi) is 7.76. The number of sulfonamides is 1. The van der Waals surface area contributed by atoms with Crippen LogP contribution in [0.25, 0.3) is 0 Å². The molecule has 0 unspecified atom stereocenters. The van der Waals surface area contributed by atoms with Crippen molar-refractivity contribution in [2.24, 2.45) is 0 Å². The highest BCUT2D eigenvalue weighted by atomic mass is 32.2. The molecule has 2 aliphatic rings. The number of hydrogen-bond donors (Lipinski definition) is 1. The number of hydrogen-bond acceptors (Lipinski definition) is 8. The lowest BCUT2D eigenvalue weighted by Gasteiger charge is -2.30. The van der Waals surface area contributed by atoms with Gasteiger partial charge in [-0.15, -0.1) is 4.68 Å². The summed E-state index contributed by atoms with van der Waals surface area (Å²) in [5.74, 6) is -4.13. The van der Waals surface area contributed by atoms with Crippen LogP contribution in [0.3, 0.4) is 0 Å². The highest BCUT2D eigenvalue weighted by molar-refractivity contribution is 7.89. The standard InChI is InChI=1S/C32H27F2N5O7S/c1-4-46-31(43)39-27(25-17-38(32(2,3)26(25)36-39)47(44,45)21-14-19(33)13-20(34)15-21)35-28(40)22-10-6-5-9-18(22)16-37-29(41)23-11-7-8-12-24(23)30(37)42/h5-15H,4,16-17H2,1-3H3,(H,35,40). The fourth-order valence-corrected chi connectivity index (χ4v) is 7.56. The molecule has 0 aliphatic carbocycles. The van der Waals surface area contributed by atoms with Gasteiger partial charge in [0.1, 0.15) is 17.5 Å². The van der Waals surface area contributed by atoms with Crippen molar-refractivity contribution >= 4 is 39.7 Å². The lowest BCUT2D eigenvalue weighted by atomic mass is 10.0. The Morgan fingerprint density at radius 3 is 2.17 bits per heavy atom. The summed E-state index contributed by atoms with van der Waals surface area (Å²) < 4.78 is 62.3. The van der Waals surface area contributed by atoms with Crippen LogP contribution < -0.4 is 5.32 Å². The van der Waals surface area contributed by atoms with Gasteiger partial charge in [-0.3, -0.25) is 19.3 Å². The van der Waals surface area contributed by atoms with E-state index in [1.165, 1.54) is 19.9 Å². The molecule has 12 nitrogen and oxygen atoms in total. The normalized spacial score (nSPS) is 15.5. The third-order valence-corrected chi connectivity index (χ3v) is 10.1. The van der Waals surface area contributed by atoms with E-state index < -0.39 is 62.5 Å². The number of nitrogens with zero attached hydrogens (tertiary/aromatic N) is 4. The van der Waals surface area contributed by atoms with E-state index in [-0.39, 0.29) is 46.9 Å². The van der Waals surface area contributed by atoms with Crippen molar-refractivity contribution in [1.82, 2.24) is 19.0 Å². The molecule has 4 aromatic rings. The van der Waals surface area contributed by atoms with E-state index in [0.29, 0.717) is 23.8 Å². The molecule has 3 aromatic carbocycles. The van der Waals surface area contributed by atoms with Crippen LogP contribution in [0.5, 0.6) is 0 Å². The molecule has 3 heterocycles. The Hall–Kier alpha value is -5.28. The minimum absolute atomic E-state index is 0.0328. The second kappa shape index (κ2) is 11.5. The molecule has 0 fully saturated rings. The molecule has 6 rings (SSSR count). The number of imide groups is 1. The van der Waals surface area contributed by atoms with Crippen LogP contribution >= 0.6 is 0 Å². The van der Waals surface area contributed by atoms with Gasteiger partial charge in [-0.25, -0.2) is 22.0 Å². The van der Waals surface area contributed by atoms with Gasteiger partial charge < -0.3 is 10.1 Å². The number of ether oxygens (including phenoxy) is 1. The smallest absolute Gasteiger partial charge is 0.436 e. The molecule has 2 aliphatic heterocycles. The van der Waals surface area contributed by atoms with Crippen LogP contribution in [-0.2, 0) is 33.4 Å². The van der Waals surface area contributed by atoms with Crippen LogP contribution in [0.15, 0.2) is 71.6 Å². The highest BCUT2D eigenvalue weighted by Gasteiger charge is 2.50. The maximum atomic E-state index is 14.0. The number of amides is 3. The van der Waals surface area contributed by atoms with Crippen molar-refractivity contribution in [1.29, 1.82) is 0 Å². The molecule has 0 saturated heterocycles. The average molecular weight is 664 g/mol. The fraction of sp³-hybridized carbons (Fsp3) is 0.219. The number of nitrogens with one attached hydrogen (secondary N) is 1. The minimum atomic E-state index is -4.52. The first-order chi connectivity index (χ1) is 22.2. The number of carbonyl (C=O) groups is 4. The summed E-state index contributed by atoms with van der Waals surface area (Å²) in [5.41, 5.74) is -0.331. The molecular formula is C32H27F2N5O7S. The van der Waals surface area contributed by atoms with Gasteiger partial charge >= 0.3 is 6.09 Å². The molecule has 47 heavy (non-hydrogen) atoms. The van der Waals surface area contributed by atoms with E-state index in [1.807, 2.05) is 0 Å². The number of carbonyl (C=O) groups excluding carboxylic acids is 4. The molecule has 15 heteroatoms. The SMILES string of the molecule is CCOC(=O)n1nc2c(c1NC(=O)c1ccccc1CN1C(=O)c3ccccc3C1=O)CN(S(=O)(=O)c1cc(F)cc(F)c1)C2(C)C. The lowest BCUT2D eigenvalue weighted by molar-refractivity contribution is 0.0640. The highest BCUT2D eigenvalue weighted by Crippen LogP contribution is 2.45. The molecule has 0 bridgehead atoms. The summed E-state index contributed by atoms with van der Waals surface area (Å²) in [6, 6.07) is 14.5.